The topological polar surface area (TPSA) is 75.8 Å². The normalized spacial score (nSPS) is 19.4. The van der Waals surface area contributed by atoms with E-state index < -0.39 is 11.5 Å². The zero-order valence-electron chi connectivity index (χ0n) is 12.0. The molecule has 0 bridgehead atoms. The molecule has 1 heterocycles. The molecular formula is C14H18F2N2O4. The summed E-state index contributed by atoms with van der Waals surface area (Å²) in [6.45, 7) is -1.24. The second kappa shape index (κ2) is 7.46. The van der Waals surface area contributed by atoms with Crippen LogP contribution in [0.15, 0.2) is 18.2 Å². The van der Waals surface area contributed by atoms with Crippen LogP contribution >= 0.6 is 0 Å². The molecule has 0 aromatic heterocycles. The van der Waals surface area contributed by atoms with Crippen molar-refractivity contribution in [2.75, 3.05) is 19.7 Å². The van der Waals surface area contributed by atoms with Crippen molar-refractivity contribution in [2.45, 2.75) is 26.0 Å². The monoisotopic (exact) mass is 316 g/mol. The number of alkyl halides is 2. The highest BCUT2D eigenvalue weighted by atomic mass is 19.3. The Morgan fingerprint density at radius 2 is 2.27 bits per heavy atom. The van der Waals surface area contributed by atoms with Gasteiger partial charge in [-0.2, -0.15) is 8.78 Å². The first-order valence-electron chi connectivity index (χ1n) is 7.05. The average molecular weight is 316 g/mol. The molecule has 0 aliphatic carbocycles. The third-order valence-corrected chi connectivity index (χ3v) is 3.73. The summed E-state index contributed by atoms with van der Waals surface area (Å²) in [5.41, 5.74) is 0.195. The van der Waals surface area contributed by atoms with Crippen molar-refractivity contribution in [3.8, 4) is 5.75 Å². The number of nitrogens with zero attached hydrogens (tertiary/aromatic N) is 2. The van der Waals surface area contributed by atoms with Crippen LogP contribution in [0.4, 0.5) is 14.5 Å². The van der Waals surface area contributed by atoms with Gasteiger partial charge in [-0.25, -0.2) is 0 Å². The number of likely N-dealkylation sites (tertiary alicyclic amines) is 1. The molecule has 0 saturated carbocycles. The number of benzene rings is 1. The number of rotatable bonds is 6. The molecule has 0 spiro atoms. The van der Waals surface area contributed by atoms with Gasteiger partial charge >= 0.3 is 6.61 Å². The standard InChI is InChI=1S/C14H18F2N2O4/c15-14(16)22-13-4-3-12(18(20)21)6-11(13)8-17-5-1-2-10(7-17)9-19/h3-4,6,10,14,19H,1-2,5,7-9H2. The quantitative estimate of drug-likeness (QED) is 0.644. The lowest BCUT2D eigenvalue weighted by Gasteiger charge is -2.32. The van der Waals surface area contributed by atoms with Gasteiger partial charge in [0, 0.05) is 37.4 Å². The van der Waals surface area contributed by atoms with E-state index in [4.69, 9.17) is 0 Å². The molecule has 1 atom stereocenters. The maximum atomic E-state index is 12.5. The van der Waals surface area contributed by atoms with Gasteiger partial charge in [0.25, 0.3) is 5.69 Å². The lowest BCUT2D eigenvalue weighted by Crippen LogP contribution is -2.36. The summed E-state index contributed by atoms with van der Waals surface area (Å²) in [4.78, 5) is 12.3. The lowest BCUT2D eigenvalue weighted by atomic mass is 9.98. The second-order valence-electron chi connectivity index (χ2n) is 5.35. The lowest BCUT2D eigenvalue weighted by molar-refractivity contribution is -0.385. The Hall–Kier alpha value is -1.80. The largest absolute Gasteiger partial charge is 0.434 e. The highest BCUT2D eigenvalue weighted by molar-refractivity contribution is 5.43. The van der Waals surface area contributed by atoms with E-state index in [9.17, 15) is 24.0 Å². The molecule has 6 nitrogen and oxygen atoms in total. The zero-order chi connectivity index (χ0) is 16.1. The highest BCUT2D eigenvalue weighted by Gasteiger charge is 2.22. The van der Waals surface area contributed by atoms with Crippen LogP contribution in [0, 0.1) is 16.0 Å². The van der Waals surface area contributed by atoms with E-state index in [1.807, 2.05) is 4.90 Å². The first kappa shape index (κ1) is 16.6. The molecule has 8 heteroatoms. The molecule has 122 valence electrons. The molecule has 1 saturated heterocycles. The van der Waals surface area contributed by atoms with Gasteiger partial charge in [0.15, 0.2) is 0 Å². The Morgan fingerprint density at radius 1 is 1.50 bits per heavy atom. The number of ether oxygens (including phenoxy) is 1. The van der Waals surface area contributed by atoms with Crippen molar-refractivity contribution in [1.29, 1.82) is 0 Å². The van der Waals surface area contributed by atoms with E-state index in [2.05, 4.69) is 4.74 Å². The summed E-state index contributed by atoms with van der Waals surface area (Å²) in [5.74, 6) is 0.0960. The summed E-state index contributed by atoms with van der Waals surface area (Å²) in [6, 6.07) is 3.61. The molecule has 0 amide bonds. The molecular weight excluding hydrogens is 298 g/mol. The van der Waals surface area contributed by atoms with Crippen molar-refractivity contribution in [2.24, 2.45) is 5.92 Å². The van der Waals surface area contributed by atoms with Gasteiger partial charge in [-0.1, -0.05) is 0 Å². The van der Waals surface area contributed by atoms with E-state index in [0.717, 1.165) is 25.5 Å². The molecule has 1 fully saturated rings. The van der Waals surface area contributed by atoms with Gasteiger partial charge in [0.2, 0.25) is 0 Å². The summed E-state index contributed by atoms with van der Waals surface area (Å²) < 4.78 is 29.3. The number of hydrogen-bond acceptors (Lipinski definition) is 5. The molecule has 1 aliphatic rings. The number of aliphatic hydroxyl groups excluding tert-OH is 1. The maximum Gasteiger partial charge on any atom is 0.387 e. The second-order valence-corrected chi connectivity index (χ2v) is 5.35. The average Bonchev–Trinajstić information content (AvgIpc) is 2.48. The van der Waals surface area contributed by atoms with Crippen LogP contribution in [0.25, 0.3) is 0 Å². The van der Waals surface area contributed by atoms with E-state index >= 15 is 0 Å². The van der Waals surface area contributed by atoms with Crippen molar-refractivity contribution in [3.63, 3.8) is 0 Å². The molecule has 22 heavy (non-hydrogen) atoms. The van der Waals surface area contributed by atoms with Crippen molar-refractivity contribution >= 4 is 5.69 Å². The van der Waals surface area contributed by atoms with E-state index in [1.54, 1.807) is 0 Å². The van der Waals surface area contributed by atoms with Crippen LogP contribution in [0.1, 0.15) is 18.4 Å². The minimum atomic E-state index is -2.98. The van der Waals surface area contributed by atoms with Gasteiger partial charge < -0.3 is 9.84 Å². The fraction of sp³-hybridized carbons (Fsp3) is 0.571. The Balaban J connectivity index is 2.18. The summed E-state index contributed by atoms with van der Waals surface area (Å²) >= 11 is 0. The predicted octanol–water partition coefficient (Wildman–Crippen LogP) is 2.40. The number of halogens is 2. The van der Waals surface area contributed by atoms with Crippen LogP contribution in [-0.4, -0.2) is 41.2 Å². The molecule has 1 aliphatic heterocycles. The van der Waals surface area contributed by atoms with Crippen LogP contribution < -0.4 is 4.74 Å². The van der Waals surface area contributed by atoms with Crippen molar-refractivity contribution in [1.82, 2.24) is 4.90 Å². The maximum absolute atomic E-state index is 12.5. The molecule has 0 radical (unpaired) electrons. The first-order valence-corrected chi connectivity index (χ1v) is 7.05. The van der Waals surface area contributed by atoms with Crippen LogP contribution in [-0.2, 0) is 6.54 Å². The summed E-state index contributed by atoms with van der Waals surface area (Å²) in [5, 5.41) is 20.1. The number of hydrogen-bond donors (Lipinski definition) is 1. The van der Waals surface area contributed by atoms with Gasteiger partial charge in [0.05, 0.1) is 4.92 Å². The number of piperidine rings is 1. The minimum Gasteiger partial charge on any atom is -0.434 e. The fourth-order valence-corrected chi connectivity index (χ4v) is 2.70. The summed E-state index contributed by atoms with van der Waals surface area (Å²) in [6.07, 6.45) is 1.81. The van der Waals surface area contributed by atoms with E-state index in [0.29, 0.717) is 12.1 Å². The molecule has 1 aromatic rings. The third kappa shape index (κ3) is 4.35. The Labute approximate surface area is 126 Å². The number of nitro benzene ring substituents is 1. The predicted molar refractivity (Wildman–Crippen MR) is 74.8 cm³/mol. The van der Waals surface area contributed by atoms with Crippen LogP contribution in [0.2, 0.25) is 0 Å². The van der Waals surface area contributed by atoms with Gasteiger partial charge in [-0.15, -0.1) is 0 Å². The van der Waals surface area contributed by atoms with Gasteiger partial charge in [0.1, 0.15) is 5.75 Å². The van der Waals surface area contributed by atoms with Gasteiger partial charge in [-0.3, -0.25) is 15.0 Å². The molecule has 2 rings (SSSR count). The van der Waals surface area contributed by atoms with E-state index in [-0.39, 0.29) is 30.5 Å². The number of non-ortho nitro benzene ring substituents is 1. The zero-order valence-corrected chi connectivity index (χ0v) is 12.0. The number of nitro groups is 1. The third-order valence-electron chi connectivity index (χ3n) is 3.73. The SMILES string of the molecule is O=[N+]([O-])c1ccc(OC(F)F)c(CN2CCCC(CO)C2)c1. The van der Waals surface area contributed by atoms with Crippen molar-refractivity contribution < 1.29 is 23.5 Å². The molecule has 1 unspecified atom stereocenters. The van der Waals surface area contributed by atoms with Crippen LogP contribution in [0.5, 0.6) is 5.75 Å². The Bertz CT molecular complexity index is 528. The highest BCUT2D eigenvalue weighted by Crippen LogP contribution is 2.28. The number of aliphatic hydroxyl groups is 1. The van der Waals surface area contributed by atoms with Crippen LogP contribution in [0.3, 0.4) is 0 Å². The molecule has 1 aromatic carbocycles. The van der Waals surface area contributed by atoms with Gasteiger partial charge in [-0.05, 0) is 31.4 Å². The van der Waals surface area contributed by atoms with E-state index in [1.165, 1.54) is 12.1 Å². The fourth-order valence-electron chi connectivity index (χ4n) is 2.70. The van der Waals surface area contributed by atoms with Crippen molar-refractivity contribution in [3.05, 3.63) is 33.9 Å². The first-order chi connectivity index (χ1) is 10.5. The minimum absolute atomic E-state index is 0.0493. The smallest absolute Gasteiger partial charge is 0.387 e. The Morgan fingerprint density at radius 3 is 2.91 bits per heavy atom. The summed E-state index contributed by atoms with van der Waals surface area (Å²) in [7, 11) is 0. The Kier molecular flexibility index (Phi) is 5.62. The molecule has 1 N–H and O–H groups in total.